The summed E-state index contributed by atoms with van der Waals surface area (Å²) in [5.74, 6) is 0.736. The lowest BCUT2D eigenvalue weighted by molar-refractivity contribution is -0.120. The fourth-order valence-electron chi connectivity index (χ4n) is 1.84. The van der Waals surface area contributed by atoms with Crippen LogP contribution in [0.3, 0.4) is 0 Å². The number of hydrogen-bond acceptors (Lipinski definition) is 5. The van der Waals surface area contributed by atoms with Crippen LogP contribution < -0.4 is 10.9 Å². The number of hydrazine groups is 1. The number of pyridine rings is 1. The van der Waals surface area contributed by atoms with Crippen LogP contribution in [-0.4, -0.2) is 26.1 Å². The van der Waals surface area contributed by atoms with Crippen LogP contribution in [0, 0.1) is 0 Å². The molecule has 0 aliphatic rings. The number of nitrogens with one attached hydrogen (secondary N) is 3. The van der Waals surface area contributed by atoms with Crippen LogP contribution in [0.4, 0.5) is 5.69 Å². The molecule has 1 aromatic carbocycles. The topological polar surface area (TPSA) is 95.6 Å². The molecule has 7 nitrogen and oxygen atoms in total. The molecule has 0 saturated heterocycles. The van der Waals surface area contributed by atoms with Crippen LogP contribution >= 0.6 is 0 Å². The molecule has 3 aromatic rings. The Kier molecular flexibility index (Phi) is 4.05. The number of H-pyrrole nitrogens is 1. The number of aromatic nitrogens is 4. The average Bonchev–Trinajstić information content (AvgIpc) is 3.03. The largest absolute Gasteiger partial charge is 0.299 e. The molecule has 2 heterocycles. The molecular formula is C15H14N6O. The number of anilines is 1. The van der Waals surface area contributed by atoms with Crippen LogP contribution in [0.5, 0.6) is 0 Å². The van der Waals surface area contributed by atoms with Crippen LogP contribution in [0.15, 0.2) is 54.7 Å². The number of benzene rings is 1. The molecule has 0 fully saturated rings. The molecule has 0 aliphatic carbocycles. The fraction of sp³-hybridized carbons (Fsp3) is 0.0667. The summed E-state index contributed by atoms with van der Waals surface area (Å²) >= 11 is 0. The van der Waals surface area contributed by atoms with Crippen molar-refractivity contribution in [1.29, 1.82) is 0 Å². The van der Waals surface area contributed by atoms with Crippen LogP contribution in [0.1, 0.15) is 5.82 Å². The third-order valence-corrected chi connectivity index (χ3v) is 2.87. The number of hydrogen-bond donors (Lipinski definition) is 3. The Morgan fingerprint density at radius 1 is 1.09 bits per heavy atom. The Labute approximate surface area is 126 Å². The van der Waals surface area contributed by atoms with Gasteiger partial charge in [-0.3, -0.25) is 25.7 Å². The second-order valence-corrected chi connectivity index (χ2v) is 4.54. The fourth-order valence-corrected chi connectivity index (χ4v) is 1.84. The van der Waals surface area contributed by atoms with Gasteiger partial charge in [-0.25, -0.2) is 4.98 Å². The van der Waals surface area contributed by atoms with Gasteiger partial charge in [-0.15, -0.1) is 0 Å². The summed E-state index contributed by atoms with van der Waals surface area (Å²) in [7, 11) is 0. The lowest BCUT2D eigenvalue weighted by Gasteiger charge is -2.06. The Balaban J connectivity index is 1.57. The van der Waals surface area contributed by atoms with Crippen LogP contribution in [0.25, 0.3) is 11.5 Å². The van der Waals surface area contributed by atoms with Crippen molar-refractivity contribution < 1.29 is 4.79 Å². The maximum atomic E-state index is 11.9. The number of carbonyl (C=O) groups is 1. The summed E-state index contributed by atoms with van der Waals surface area (Å²) in [5, 5.41) is 6.80. The molecule has 7 heteroatoms. The highest BCUT2D eigenvalue weighted by atomic mass is 16.2. The molecule has 0 unspecified atom stereocenters. The van der Waals surface area contributed by atoms with Gasteiger partial charge in [0.1, 0.15) is 11.5 Å². The smallest absolute Gasteiger partial charge is 0.245 e. The van der Waals surface area contributed by atoms with Gasteiger partial charge in [-0.2, -0.15) is 5.10 Å². The maximum Gasteiger partial charge on any atom is 0.245 e. The highest BCUT2D eigenvalue weighted by molar-refractivity contribution is 5.79. The minimum atomic E-state index is -0.215. The highest BCUT2D eigenvalue weighted by Gasteiger charge is 2.10. The van der Waals surface area contributed by atoms with Crippen molar-refractivity contribution in [1.82, 2.24) is 25.6 Å². The lowest BCUT2D eigenvalue weighted by atomic mass is 10.3. The number of carbonyl (C=O) groups excluding carboxylic acids is 1. The SMILES string of the molecule is O=C(Cc1nc(-c2ccccn2)n[nH]1)NNc1ccccc1. The van der Waals surface area contributed by atoms with E-state index < -0.39 is 0 Å². The highest BCUT2D eigenvalue weighted by Crippen LogP contribution is 2.10. The first kappa shape index (κ1) is 13.7. The second kappa shape index (κ2) is 6.49. The molecule has 110 valence electrons. The molecule has 3 N–H and O–H groups in total. The third-order valence-electron chi connectivity index (χ3n) is 2.87. The summed E-state index contributed by atoms with van der Waals surface area (Å²) < 4.78 is 0. The first-order valence-corrected chi connectivity index (χ1v) is 6.74. The summed E-state index contributed by atoms with van der Waals surface area (Å²) in [5.41, 5.74) is 6.90. The first-order chi connectivity index (χ1) is 10.8. The van der Waals surface area contributed by atoms with E-state index in [-0.39, 0.29) is 12.3 Å². The van der Waals surface area contributed by atoms with Gasteiger partial charge < -0.3 is 0 Å². The summed E-state index contributed by atoms with van der Waals surface area (Å²) in [6.07, 6.45) is 1.77. The Morgan fingerprint density at radius 3 is 2.68 bits per heavy atom. The zero-order valence-corrected chi connectivity index (χ0v) is 11.7. The average molecular weight is 294 g/mol. The van der Waals surface area contributed by atoms with E-state index in [2.05, 4.69) is 31.0 Å². The van der Waals surface area contributed by atoms with Crippen molar-refractivity contribution in [2.24, 2.45) is 0 Å². The van der Waals surface area contributed by atoms with E-state index in [1.54, 1.807) is 6.20 Å². The molecule has 22 heavy (non-hydrogen) atoms. The lowest BCUT2D eigenvalue weighted by Crippen LogP contribution is -2.30. The van der Waals surface area contributed by atoms with Gasteiger partial charge >= 0.3 is 0 Å². The van der Waals surface area contributed by atoms with E-state index in [9.17, 15) is 4.79 Å². The molecule has 0 saturated carbocycles. The predicted octanol–water partition coefficient (Wildman–Crippen LogP) is 1.55. The van der Waals surface area contributed by atoms with Crippen molar-refractivity contribution >= 4 is 11.6 Å². The Morgan fingerprint density at radius 2 is 1.91 bits per heavy atom. The van der Waals surface area contributed by atoms with Crippen molar-refractivity contribution in [3.05, 3.63) is 60.6 Å². The van der Waals surface area contributed by atoms with Crippen molar-refractivity contribution in [3.8, 4) is 11.5 Å². The molecule has 2 aromatic heterocycles. The molecule has 3 rings (SSSR count). The molecular weight excluding hydrogens is 280 g/mol. The summed E-state index contributed by atoms with van der Waals surface area (Å²) in [4.78, 5) is 20.3. The van der Waals surface area contributed by atoms with Gasteiger partial charge in [0.2, 0.25) is 5.91 Å². The van der Waals surface area contributed by atoms with E-state index in [1.165, 1.54) is 0 Å². The molecule has 0 atom stereocenters. The standard InChI is InChI=1S/C15H14N6O/c22-14(20-18-11-6-2-1-3-7-11)10-13-17-15(21-19-13)12-8-4-5-9-16-12/h1-9,18H,10H2,(H,20,22)(H,17,19,21). The van der Waals surface area contributed by atoms with Gasteiger partial charge in [0.15, 0.2) is 5.82 Å². The number of rotatable bonds is 5. The second-order valence-electron chi connectivity index (χ2n) is 4.54. The first-order valence-electron chi connectivity index (χ1n) is 6.74. The van der Waals surface area contributed by atoms with Crippen molar-refractivity contribution in [3.63, 3.8) is 0 Å². The number of nitrogens with zero attached hydrogens (tertiary/aromatic N) is 3. The van der Waals surface area contributed by atoms with Gasteiger partial charge in [-0.1, -0.05) is 24.3 Å². The van der Waals surface area contributed by atoms with Gasteiger partial charge in [0, 0.05) is 6.20 Å². The normalized spacial score (nSPS) is 10.2. The summed E-state index contributed by atoms with van der Waals surface area (Å²) in [6, 6.07) is 14.9. The van der Waals surface area contributed by atoms with E-state index >= 15 is 0 Å². The number of amides is 1. The van der Waals surface area contributed by atoms with Gasteiger partial charge in [0.25, 0.3) is 0 Å². The predicted molar refractivity (Wildman–Crippen MR) is 81.5 cm³/mol. The molecule has 1 amide bonds. The van der Waals surface area contributed by atoms with Crippen LogP contribution in [-0.2, 0) is 11.2 Å². The minimum Gasteiger partial charge on any atom is -0.299 e. The maximum absolute atomic E-state index is 11.9. The van der Waals surface area contributed by atoms with E-state index in [4.69, 9.17) is 0 Å². The van der Waals surface area contributed by atoms with Crippen molar-refractivity contribution in [2.75, 3.05) is 5.43 Å². The van der Waals surface area contributed by atoms with Gasteiger partial charge in [0.05, 0.1) is 12.1 Å². The molecule has 0 radical (unpaired) electrons. The summed E-state index contributed by atoms with van der Waals surface area (Å²) in [6.45, 7) is 0. The number of para-hydroxylation sites is 1. The molecule has 0 bridgehead atoms. The monoisotopic (exact) mass is 294 g/mol. The van der Waals surface area contributed by atoms with E-state index in [0.29, 0.717) is 17.3 Å². The van der Waals surface area contributed by atoms with Crippen molar-refractivity contribution in [2.45, 2.75) is 6.42 Å². The minimum absolute atomic E-state index is 0.0969. The zero-order valence-electron chi connectivity index (χ0n) is 11.7. The van der Waals surface area contributed by atoms with Crippen LogP contribution in [0.2, 0.25) is 0 Å². The molecule has 0 spiro atoms. The Bertz CT molecular complexity index is 741. The zero-order chi connectivity index (χ0) is 15.2. The Hall–Kier alpha value is -3.22. The van der Waals surface area contributed by atoms with Gasteiger partial charge in [-0.05, 0) is 24.3 Å². The number of aromatic amines is 1. The van der Waals surface area contributed by atoms with E-state index in [0.717, 1.165) is 5.69 Å². The third kappa shape index (κ3) is 3.45. The van der Waals surface area contributed by atoms with E-state index in [1.807, 2.05) is 48.5 Å². The quantitative estimate of drug-likeness (QED) is 0.621. The molecule has 0 aliphatic heterocycles.